The summed E-state index contributed by atoms with van der Waals surface area (Å²) in [5.74, 6) is 0.558. The number of thiophene rings is 1. The minimum absolute atomic E-state index is 0.170. The van der Waals surface area contributed by atoms with E-state index in [1.54, 1.807) is 12.1 Å². The first-order valence-corrected chi connectivity index (χ1v) is 8.67. The fraction of sp³-hybridized carbons (Fsp3) is 0.444. The molecule has 0 radical (unpaired) electrons. The van der Waals surface area contributed by atoms with Crippen LogP contribution in [-0.2, 0) is 0 Å². The van der Waals surface area contributed by atoms with Crippen molar-refractivity contribution in [3.8, 4) is 0 Å². The number of hydrogen-bond donors (Lipinski definition) is 1. The van der Waals surface area contributed by atoms with E-state index in [1.807, 2.05) is 23.5 Å². The molecular formula is C18H22FNS. The van der Waals surface area contributed by atoms with Gasteiger partial charge >= 0.3 is 0 Å². The van der Waals surface area contributed by atoms with Gasteiger partial charge < -0.3 is 5.32 Å². The van der Waals surface area contributed by atoms with E-state index in [9.17, 15) is 4.39 Å². The van der Waals surface area contributed by atoms with Crippen LogP contribution in [0.1, 0.15) is 55.1 Å². The number of halogens is 1. The van der Waals surface area contributed by atoms with Crippen molar-refractivity contribution >= 4 is 11.3 Å². The normalized spacial score (nSPS) is 18.8. The van der Waals surface area contributed by atoms with Crippen molar-refractivity contribution < 1.29 is 4.39 Å². The van der Waals surface area contributed by atoms with E-state index in [2.05, 4.69) is 29.8 Å². The Kier molecular flexibility index (Phi) is 4.71. The molecule has 1 aromatic carbocycles. The quantitative estimate of drug-likeness (QED) is 0.772. The minimum Gasteiger partial charge on any atom is -0.302 e. The molecule has 1 N–H and O–H groups in total. The van der Waals surface area contributed by atoms with Gasteiger partial charge in [-0.05, 0) is 54.8 Å². The third-order valence-electron chi connectivity index (χ3n) is 4.52. The zero-order valence-corrected chi connectivity index (χ0v) is 13.2. The molecule has 1 heterocycles. The van der Waals surface area contributed by atoms with E-state index in [-0.39, 0.29) is 11.9 Å². The molecule has 0 saturated heterocycles. The van der Waals surface area contributed by atoms with Crippen LogP contribution in [0.4, 0.5) is 4.39 Å². The van der Waals surface area contributed by atoms with Crippen molar-refractivity contribution in [2.24, 2.45) is 5.92 Å². The van der Waals surface area contributed by atoms with Gasteiger partial charge in [0.2, 0.25) is 0 Å². The van der Waals surface area contributed by atoms with Gasteiger partial charge in [-0.3, -0.25) is 0 Å². The summed E-state index contributed by atoms with van der Waals surface area (Å²) in [6.45, 7) is 2.17. The molecule has 112 valence electrons. The summed E-state index contributed by atoms with van der Waals surface area (Å²) in [5, 5.41) is 5.94. The highest BCUT2D eigenvalue weighted by atomic mass is 32.1. The molecule has 2 unspecified atom stereocenters. The van der Waals surface area contributed by atoms with Gasteiger partial charge in [-0.2, -0.15) is 0 Å². The van der Waals surface area contributed by atoms with Crippen molar-refractivity contribution in [2.75, 3.05) is 0 Å². The molecule has 3 rings (SSSR count). The first-order chi connectivity index (χ1) is 10.2. The van der Waals surface area contributed by atoms with Crippen molar-refractivity contribution in [3.05, 3.63) is 58.0 Å². The van der Waals surface area contributed by atoms with Crippen LogP contribution >= 0.6 is 11.3 Å². The van der Waals surface area contributed by atoms with Gasteiger partial charge in [0.15, 0.2) is 0 Å². The Labute approximate surface area is 130 Å². The van der Waals surface area contributed by atoms with Crippen LogP contribution in [0.25, 0.3) is 0 Å². The Hall–Kier alpha value is -1.19. The maximum absolute atomic E-state index is 13.1. The van der Waals surface area contributed by atoms with Crippen molar-refractivity contribution in [1.82, 2.24) is 5.32 Å². The van der Waals surface area contributed by atoms with Gasteiger partial charge in [-0.15, -0.1) is 11.3 Å². The van der Waals surface area contributed by atoms with E-state index in [4.69, 9.17) is 0 Å². The Morgan fingerprint density at radius 2 is 1.86 bits per heavy atom. The third kappa shape index (κ3) is 3.53. The molecule has 0 spiro atoms. The average molecular weight is 303 g/mol. The Balaban J connectivity index is 1.76. The summed E-state index contributed by atoms with van der Waals surface area (Å²) < 4.78 is 13.1. The lowest BCUT2D eigenvalue weighted by atomic mass is 9.95. The highest BCUT2D eigenvalue weighted by molar-refractivity contribution is 7.10. The maximum atomic E-state index is 13.1. The van der Waals surface area contributed by atoms with Crippen molar-refractivity contribution in [3.63, 3.8) is 0 Å². The Bertz CT molecular complexity index is 543. The van der Waals surface area contributed by atoms with Gasteiger partial charge in [-0.1, -0.05) is 31.0 Å². The van der Waals surface area contributed by atoms with Crippen LogP contribution in [0.15, 0.2) is 41.8 Å². The number of benzene rings is 1. The fourth-order valence-corrected chi connectivity index (χ4v) is 4.21. The van der Waals surface area contributed by atoms with Crippen LogP contribution in [-0.4, -0.2) is 0 Å². The molecule has 1 aliphatic carbocycles. The Morgan fingerprint density at radius 1 is 1.14 bits per heavy atom. The molecule has 0 bridgehead atoms. The summed E-state index contributed by atoms with van der Waals surface area (Å²) in [6.07, 6.45) is 5.32. The van der Waals surface area contributed by atoms with Crippen molar-refractivity contribution in [1.29, 1.82) is 0 Å². The van der Waals surface area contributed by atoms with Crippen molar-refractivity contribution in [2.45, 2.75) is 44.7 Å². The summed E-state index contributed by atoms with van der Waals surface area (Å²) in [6, 6.07) is 11.9. The largest absolute Gasteiger partial charge is 0.302 e. The van der Waals surface area contributed by atoms with E-state index < -0.39 is 0 Å². The molecule has 1 nitrogen and oxygen atoms in total. The molecule has 0 aliphatic heterocycles. The predicted molar refractivity (Wildman–Crippen MR) is 87.0 cm³/mol. The Morgan fingerprint density at radius 3 is 2.48 bits per heavy atom. The zero-order valence-electron chi connectivity index (χ0n) is 12.4. The van der Waals surface area contributed by atoms with Gasteiger partial charge in [0.05, 0.1) is 0 Å². The van der Waals surface area contributed by atoms with Gasteiger partial charge in [0.25, 0.3) is 0 Å². The lowest BCUT2D eigenvalue weighted by molar-refractivity contribution is 0.343. The minimum atomic E-state index is -0.170. The SMILES string of the molecule is CC(NC(c1cccs1)C1CCCC1)c1ccc(F)cc1. The molecular weight excluding hydrogens is 281 g/mol. The van der Waals surface area contributed by atoms with E-state index in [0.717, 1.165) is 11.5 Å². The molecule has 1 aliphatic rings. The topological polar surface area (TPSA) is 12.0 Å². The summed E-state index contributed by atoms with van der Waals surface area (Å²) in [5.41, 5.74) is 1.15. The van der Waals surface area contributed by atoms with Crippen LogP contribution in [0, 0.1) is 11.7 Å². The predicted octanol–water partition coefficient (Wildman–Crippen LogP) is 5.47. The molecule has 1 saturated carbocycles. The zero-order chi connectivity index (χ0) is 14.7. The molecule has 1 aromatic heterocycles. The molecule has 2 aromatic rings. The first kappa shape index (κ1) is 14.7. The van der Waals surface area contributed by atoms with Gasteiger partial charge in [-0.25, -0.2) is 4.39 Å². The van der Waals surface area contributed by atoms with E-state index in [0.29, 0.717) is 6.04 Å². The van der Waals surface area contributed by atoms with Gasteiger partial charge in [0.1, 0.15) is 5.82 Å². The lowest BCUT2D eigenvalue weighted by Crippen LogP contribution is -2.29. The van der Waals surface area contributed by atoms with Crippen LogP contribution in [0.5, 0.6) is 0 Å². The summed E-state index contributed by atoms with van der Waals surface area (Å²) in [7, 11) is 0. The lowest BCUT2D eigenvalue weighted by Gasteiger charge is -2.28. The molecule has 3 heteroatoms. The molecule has 1 fully saturated rings. The monoisotopic (exact) mass is 303 g/mol. The van der Waals surface area contributed by atoms with Gasteiger partial charge in [0, 0.05) is 17.0 Å². The summed E-state index contributed by atoms with van der Waals surface area (Å²) in [4.78, 5) is 1.43. The van der Waals surface area contributed by atoms with Crippen LogP contribution < -0.4 is 5.32 Å². The second-order valence-corrected chi connectivity index (χ2v) is 6.96. The number of rotatable bonds is 5. The number of nitrogens with one attached hydrogen (secondary N) is 1. The molecule has 21 heavy (non-hydrogen) atoms. The second-order valence-electron chi connectivity index (χ2n) is 5.98. The molecule has 2 atom stereocenters. The second kappa shape index (κ2) is 6.71. The third-order valence-corrected chi connectivity index (χ3v) is 5.48. The highest BCUT2D eigenvalue weighted by Gasteiger charge is 2.28. The molecule has 0 amide bonds. The van der Waals surface area contributed by atoms with E-state index in [1.165, 1.54) is 30.6 Å². The standard InChI is InChI=1S/C18H22FNS/c1-13(14-8-10-16(19)11-9-14)20-18(15-5-2-3-6-15)17-7-4-12-21-17/h4,7-13,15,18,20H,2-3,5-6H2,1H3. The smallest absolute Gasteiger partial charge is 0.123 e. The van der Waals surface area contributed by atoms with Crippen LogP contribution in [0.3, 0.4) is 0 Å². The average Bonchev–Trinajstić information content (AvgIpc) is 3.19. The van der Waals surface area contributed by atoms with E-state index >= 15 is 0 Å². The van der Waals surface area contributed by atoms with Crippen LogP contribution in [0.2, 0.25) is 0 Å². The maximum Gasteiger partial charge on any atom is 0.123 e. The first-order valence-electron chi connectivity index (χ1n) is 7.79. The summed E-state index contributed by atoms with van der Waals surface area (Å²) >= 11 is 1.84. The fourth-order valence-electron chi connectivity index (χ4n) is 3.33. The number of hydrogen-bond acceptors (Lipinski definition) is 2. The highest BCUT2D eigenvalue weighted by Crippen LogP contribution is 2.38.